The molecule has 42 heavy (non-hydrogen) atoms. The zero-order valence-electron chi connectivity index (χ0n) is 23.6. The summed E-state index contributed by atoms with van der Waals surface area (Å²) in [6.45, 7) is 1.58. The summed E-state index contributed by atoms with van der Waals surface area (Å²) in [5.41, 5.74) is -1.89. The van der Waals surface area contributed by atoms with Crippen molar-refractivity contribution in [1.29, 1.82) is 0 Å². The number of carbonyl (C=O) groups excluding carboxylic acids is 2. The van der Waals surface area contributed by atoms with Crippen LogP contribution in [0.1, 0.15) is 66.1 Å². The molecule has 0 bridgehead atoms. The van der Waals surface area contributed by atoms with E-state index in [2.05, 4.69) is 5.32 Å². The van der Waals surface area contributed by atoms with Crippen molar-refractivity contribution in [3.63, 3.8) is 0 Å². The van der Waals surface area contributed by atoms with E-state index in [4.69, 9.17) is 0 Å². The van der Waals surface area contributed by atoms with Crippen LogP contribution >= 0.6 is 0 Å². The smallest absolute Gasteiger partial charge is 0.350 e. The second-order valence-electron chi connectivity index (χ2n) is 10.9. The molecular formula is C31H33F6N3O2. The van der Waals surface area contributed by atoms with Crippen LogP contribution in [0.15, 0.2) is 60.3 Å². The van der Waals surface area contributed by atoms with Crippen LogP contribution in [0, 0.1) is 0 Å². The minimum absolute atomic E-state index is 0.00990. The van der Waals surface area contributed by atoms with Crippen molar-refractivity contribution in [2.24, 2.45) is 7.05 Å². The molecule has 5 nitrogen and oxygen atoms in total. The molecule has 3 aromatic rings. The van der Waals surface area contributed by atoms with Gasteiger partial charge >= 0.3 is 12.4 Å². The van der Waals surface area contributed by atoms with Gasteiger partial charge in [0.25, 0.3) is 5.91 Å². The number of fused-ring (bicyclic) bond motifs is 1. The van der Waals surface area contributed by atoms with Gasteiger partial charge in [-0.05, 0) is 56.0 Å². The van der Waals surface area contributed by atoms with Crippen molar-refractivity contribution >= 4 is 22.7 Å². The van der Waals surface area contributed by atoms with E-state index < -0.39 is 41.0 Å². The Bertz CT molecular complexity index is 1450. The fourth-order valence-electron chi connectivity index (χ4n) is 5.46. The molecule has 0 saturated heterocycles. The van der Waals surface area contributed by atoms with Gasteiger partial charge in [-0.25, -0.2) is 0 Å². The van der Waals surface area contributed by atoms with Gasteiger partial charge in [0, 0.05) is 48.4 Å². The second kappa shape index (κ2) is 12.2. The first kappa shape index (κ1) is 31.2. The molecule has 226 valence electrons. The van der Waals surface area contributed by atoms with E-state index in [1.807, 2.05) is 42.1 Å². The van der Waals surface area contributed by atoms with Crippen molar-refractivity contribution in [3.05, 3.63) is 82.6 Å². The monoisotopic (exact) mass is 593 g/mol. The number of aromatic nitrogens is 1. The Morgan fingerprint density at radius 3 is 2.19 bits per heavy atom. The minimum atomic E-state index is -5.09. The van der Waals surface area contributed by atoms with Gasteiger partial charge < -0.3 is 14.8 Å². The van der Waals surface area contributed by atoms with E-state index in [0.717, 1.165) is 53.5 Å². The van der Waals surface area contributed by atoms with Crippen LogP contribution in [-0.4, -0.2) is 40.4 Å². The van der Waals surface area contributed by atoms with Gasteiger partial charge in [0.2, 0.25) is 5.91 Å². The lowest BCUT2D eigenvalue weighted by molar-refractivity contribution is -0.143. The number of alkyl halides is 6. The predicted octanol–water partition coefficient (Wildman–Crippen LogP) is 7.29. The number of amides is 2. The molecular weight excluding hydrogens is 560 g/mol. The van der Waals surface area contributed by atoms with Gasteiger partial charge in [-0.2, -0.15) is 26.3 Å². The third-order valence-corrected chi connectivity index (χ3v) is 7.80. The molecule has 1 unspecified atom stereocenters. The van der Waals surface area contributed by atoms with Gasteiger partial charge in [0.1, 0.15) is 0 Å². The van der Waals surface area contributed by atoms with E-state index in [9.17, 15) is 35.9 Å². The van der Waals surface area contributed by atoms with E-state index in [1.165, 1.54) is 7.05 Å². The molecule has 0 radical (unpaired) electrons. The molecule has 2 aromatic carbocycles. The van der Waals surface area contributed by atoms with Crippen molar-refractivity contribution < 1.29 is 35.9 Å². The second-order valence-corrected chi connectivity index (χ2v) is 10.9. The highest BCUT2D eigenvalue weighted by Crippen LogP contribution is 2.37. The molecule has 0 aliphatic heterocycles. The summed E-state index contributed by atoms with van der Waals surface area (Å²) in [5, 5.41) is 3.88. The summed E-state index contributed by atoms with van der Waals surface area (Å²) in [4.78, 5) is 27.7. The SMILES string of the molecule is CC(=CC(Cc1cn(C)c2ccccc12)N(C)C(=O)c1cc(C(F)(F)F)cc(C(F)(F)F)c1)C(=O)NC1CCCCC1. The Morgan fingerprint density at radius 2 is 1.60 bits per heavy atom. The van der Waals surface area contributed by atoms with Crippen LogP contribution in [0.25, 0.3) is 10.9 Å². The Balaban J connectivity index is 1.72. The Labute approximate surface area is 240 Å². The summed E-state index contributed by atoms with van der Waals surface area (Å²) in [6, 6.07) is 7.51. The van der Waals surface area contributed by atoms with Gasteiger partial charge in [0.15, 0.2) is 0 Å². The summed E-state index contributed by atoms with van der Waals surface area (Å²) in [7, 11) is 3.16. The molecule has 1 fully saturated rings. The minimum Gasteiger partial charge on any atom is -0.350 e. The highest BCUT2D eigenvalue weighted by molar-refractivity contribution is 5.96. The Morgan fingerprint density at radius 1 is 1.00 bits per heavy atom. The van der Waals surface area contributed by atoms with E-state index in [1.54, 1.807) is 13.0 Å². The van der Waals surface area contributed by atoms with Crippen molar-refractivity contribution in [3.8, 4) is 0 Å². The first-order valence-corrected chi connectivity index (χ1v) is 13.7. The largest absolute Gasteiger partial charge is 0.416 e. The zero-order chi connectivity index (χ0) is 30.8. The fraction of sp³-hybridized carbons (Fsp3) is 0.419. The molecule has 4 rings (SSSR count). The topological polar surface area (TPSA) is 54.3 Å². The molecule has 0 spiro atoms. The van der Waals surface area contributed by atoms with Crippen LogP contribution < -0.4 is 5.32 Å². The number of carbonyl (C=O) groups is 2. The quantitative estimate of drug-likeness (QED) is 0.231. The maximum atomic E-state index is 13.5. The molecule has 2 amide bonds. The van der Waals surface area contributed by atoms with Gasteiger partial charge in [0.05, 0.1) is 17.2 Å². The molecule has 1 aliphatic carbocycles. The lowest BCUT2D eigenvalue weighted by atomic mass is 9.95. The highest BCUT2D eigenvalue weighted by atomic mass is 19.4. The third-order valence-electron chi connectivity index (χ3n) is 7.80. The number of nitrogens with one attached hydrogen (secondary N) is 1. The number of hydrogen-bond acceptors (Lipinski definition) is 2. The molecule has 1 saturated carbocycles. The van der Waals surface area contributed by atoms with E-state index in [0.29, 0.717) is 17.7 Å². The molecule has 11 heteroatoms. The molecule has 1 N–H and O–H groups in total. The molecule has 1 heterocycles. The maximum absolute atomic E-state index is 13.5. The van der Waals surface area contributed by atoms with Crippen LogP contribution in [0.4, 0.5) is 26.3 Å². The number of benzene rings is 2. The summed E-state index contributed by atoms with van der Waals surface area (Å²) < 4.78 is 82.9. The first-order chi connectivity index (χ1) is 19.6. The average molecular weight is 594 g/mol. The molecule has 1 aromatic heterocycles. The lowest BCUT2D eigenvalue weighted by Gasteiger charge is -2.28. The zero-order valence-corrected chi connectivity index (χ0v) is 23.6. The number of halogens is 6. The van der Waals surface area contributed by atoms with Crippen molar-refractivity contribution in [1.82, 2.24) is 14.8 Å². The van der Waals surface area contributed by atoms with Gasteiger partial charge in [-0.3, -0.25) is 9.59 Å². The predicted molar refractivity (Wildman–Crippen MR) is 148 cm³/mol. The summed E-state index contributed by atoms with van der Waals surface area (Å²) in [5.74, 6) is -1.36. The lowest BCUT2D eigenvalue weighted by Crippen LogP contribution is -2.40. The number of para-hydroxylation sites is 1. The average Bonchev–Trinajstić information content (AvgIpc) is 3.26. The van der Waals surface area contributed by atoms with Gasteiger partial charge in [-0.15, -0.1) is 0 Å². The van der Waals surface area contributed by atoms with E-state index >= 15 is 0 Å². The first-order valence-electron chi connectivity index (χ1n) is 13.7. The number of likely N-dealkylation sites (N-methyl/N-ethyl adjacent to an activating group) is 1. The number of nitrogens with zero attached hydrogens (tertiary/aromatic N) is 2. The van der Waals surface area contributed by atoms with E-state index in [-0.39, 0.29) is 24.4 Å². The standard InChI is InChI=1S/C31H33F6N3O2/c1-19(28(41)38-24-9-5-4-6-10-24)13-25(16-21-18-39(2)27-12-8-7-11-26(21)27)40(3)29(42)20-14-22(30(32,33)34)17-23(15-20)31(35,36)37/h7-8,11-15,17-18,24-25H,4-6,9-10,16H2,1-3H3,(H,38,41). The molecule has 1 atom stereocenters. The van der Waals surface area contributed by atoms with Crippen LogP contribution in [0.3, 0.4) is 0 Å². The number of rotatable bonds is 7. The van der Waals surface area contributed by atoms with Crippen molar-refractivity contribution in [2.75, 3.05) is 7.05 Å². The fourth-order valence-corrected chi connectivity index (χ4v) is 5.46. The summed E-state index contributed by atoms with van der Waals surface area (Å²) >= 11 is 0. The van der Waals surface area contributed by atoms with Gasteiger partial charge in [-0.1, -0.05) is 43.5 Å². The summed E-state index contributed by atoms with van der Waals surface area (Å²) in [6.07, 6.45) is -1.78. The normalized spacial score (nSPS) is 16.0. The number of aryl methyl sites for hydroxylation is 1. The Kier molecular flexibility index (Phi) is 9.08. The van der Waals surface area contributed by atoms with Crippen LogP contribution in [0.5, 0.6) is 0 Å². The molecule has 1 aliphatic rings. The van der Waals surface area contributed by atoms with Crippen molar-refractivity contribution in [2.45, 2.75) is 69.9 Å². The maximum Gasteiger partial charge on any atom is 0.416 e. The Hall–Kier alpha value is -3.76. The highest BCUT2D eigenvalue weighted by Gasteiger charge is 2.38. The number of hydrogen-bond donors (Lipinski definition) is 1. The van der Waals surface area contributed by atoms with Crippen LogP contribution in [-0.2, 0) is 30.6 Å². The van der Waals surface area contributed by atoms with Crippen LogP contribution in [0.2, 0.25) is 0 Å². The third kappa shape index (κ3) is 7.17.